The van der Waals surface area contributed by atoms with Crippen molar-refractivity contribution in [3.63, 3.8) is 0 Å². The van der Waals surface area contributed by atoms with Gasteiger partial charge in [-0.2, -0.15) is 0 Å². The third-order valence-electron chi connectivity index (χ3n) is 3.56. The molecule has 4 heteroatoms. The molecule has 0 aliphatic heterocycles. The van der Waals surface area contributed by atoms with Gasteiger partial charge in [0.2, 0.25) is 0 Å². The summed E-state index contributed by atoms with van der Waals surface area (Å²) < 4.78 is 16.8. The molecule has 0 saturated heterocycles. The van der Waals surface area contributed by atoms with E-state index in [0.717, 1.165) is 28.0 Å². The second-order valence-electron chi connectivity index (χ2n) is 5.39. The maximum absolute atomic E-state index is 9.57. The molecule has 0 fully saturated rings. The lowest BCUT2D eigenvalue weighted by atomic mass is 10.2. The van der Waals surface area contributed by atoms with Crippen molar-refractivity contribution in [2.45, 2.75) is 26.6 Å². The van der Waals surface area contributed by atoms with Gasteiger partial charge in [-0.3, -0.25) is 0 Å². The first kappa shape index (κ1) is 15.4. The van der Waals surface area contributed by atoms with Gasteiger partial charge in [0.1, 0.15) is 35.6 Å². The van der Waals surface area contributed by atoms with Gasteiger partial charge in [0, 0.05) is 5.39 Å². The third-order valence-corrected chi connectivity index (χ3v) is 3.56. The van der Waals surface area contributed by atoms with E-state index in [1.807, 2.05) is 55.5 Å². The molecule has 0 saturated carbocycles. The molecule has 120 valence electrons. The van der Waals surface area contributed by atoms with E-state index in [9.17, 15) is 5.11 Å². The topological polar surface area (TPSA) is 51.8 Å². The van der Waals surface area contributed by atoms with Crippen LogP contribution in [0.1, 0.15) is 31.3 Å². The smallest absolute Gasteiger partial charge is 0.134 e. The number of furan rings is 1. The largest absolute Gasteiger partial charge is 0.494 e. The Balaban J connectivity index is 1.68. The Morgan fingerprint density at radius 2 is 1.74 bits per heavy atom. The van der Waals surface area contributed by atoms with E-state index in [4.69, 9.17) is 13.9 Å². The highest BCUT2D eigenvalue weighted by molar-refractivity contribution is 5.79. The van der Waals surface area contributed by atoms with Gasteiger partial charge < -0.3 is 19.0 Å². The quantitative estimate of drug-likeness (QED) is 0.730. The molecule has 0 spiro atoms. The SMILES string of the molecule is CCOc1ccc(COc2ccc3oc(C(C)O)cc3c2)cc1. The van der Waals surface area contributed by atoms with Gasteiger partial charge in [0.25, 0.3) is 0 Å². The van der Waals surface area contributed by atoms with Crippen LogP contribution in [0.5, 0.6) is 11.5 Å². The van der Waals surface area contributed by atoms with Crippen molar-refractivity contribution in [3.8, 4) is 11.5 Å². The number of aliphatic hydroxyl groups is 1. The highest BCUT2D eigenvalue weighted by Gasteiger charge is 2.09. The molecule has 0 bridgehead atoms. The predicted molar refractivity (Wildman–Crippen MR) is 88.8 cm³/mol. The van der Waals surface area contributed by atoms with E-state index in [-0.39, 0.29) is 0 Å². The van der Waals surface area contributed by atoms with Crippen molar-refractivity contribution >= 4 is 11.0 Å². The molecule has 3 aromatic rings. The molecule has 23 heavy (non-hydrogen) atoms. The van der Waals surface area contributed by atoms with E-state index >= 15 is 0 Å². The summed E-state index contributed by atoms with van der Waals surface area (Å²) in [6.45, 7) is 4.79. The number of fused-ring (bicyclic) bond motifs is 1. The number of aliphatic hydroxyl groups excluding tert-OH is 1. The van der Waals surface area contributed by atoms with Crippen LogP contribution in [-0.4, -0.2) is 11.7 Å². The highest BCUT2D eigenvalue weighted by Crippen LogP contribution is 2.27. The molecule has 4 nitrogen and oxygen atoms in total. The Morgan fingerprint density at radius 1 is 1.00 bits per heavy atom. The van der Waals surface area contributed by atoms with Crippen LogP contribution in [0, 0.1) is 0 Å². The van der Waals surface area contributed by atoms with Crippen LogP contribution >= 0.6 is 0 Å². The Bertz CT molecular complexity index is 772. The Labute approximate surface area is 135 Å². The molecule has 0 aliphatic rings. The molecular weight excluding hydrogens is 292 g/mol. The molecule has 1 aromatic heterocycles. The Hall–Kier alpha value is -2.46. The summed E-state index contributed by atoms with van der Waals surface area (Å²) in [5, 5.41) is 10.5. The molecule has 1 heterocycles. The summed E-state index contributed by atoms with van der Waals surface area (Å²) in [5.74, 6) is 2.19. The molecule has 3 rings (SSSR count). The zero-order chi connectivity index (χ0) is 16.2. The molecule has 1 unspecified atom stereocenters. The molecule has 1 N–H and O–H groups in total. The summed E-state index contributed by atoms with van der Waals surface area (Å²) in [6, 6.07) is 15.3. The molecule has 2 aromatic carbocycles. The van der Waals surface area contributed by atoms with Crippen LogP contribution in [0.4, 0.5) is 0 Å². The normalized spacial score (nSPS) is 12.3. The van der Waals surface area contributed by atoms with Gasteiger partial charge in [-0.05, 0) is 55.8 Å². The summed E-state index contributed by atoms with van der Waals surface area (Å²) in [6.07, 6.45) is -0.615. The fraction of sp³-hybridized carbons (Fsp3) is 0.263. The van der Waals surface area contributed by atoms with Crippen LogP contribution < -0.4 is 9.47 Å². The minimum absolute atomic E-state index is 0.485. The minimum atomic E-state index is -0.615. The Morgan fingerprint density at radius 3 is 2.43 bits per heavy atom. The first-order valence-electron chi connectivity index (χ1n) is 7.72. The monoisotopic (exact) mass is 312 g/mol. The average molecular weight is 312 g/mol. The first-order valence-corrected chi connectivity index (χ1v) is 7.72. The van der Waals surface area contributed by atoms with E-state index in [1.54, 1.807) is 6.92 Å². The average Bonchev–Trinajstić information content (AvgIpc) is 2.98. The van der Waals surface area contributed by atoms with Gasteiger partial charge >= 0.3 is 0 Å². The van der Waals surface area contributed by atoms with Crippen molar-refractivity contribution < 1.29 is 19.0 Å². The van der Waals surface area contributed by atoms with Crippen LogP contribution in [0.3, 0.4) is 0 Å². The predicted octanol–water partition coefficient (Wildman–Crippen LogP) is 4.46. The zero-order valence-corrected chi connectivity index (χ0v) is 13.3. The van der Waals surface area contributed by atoms with E-state index in [1.165, 1.54) is 0 Å². The van der Waals surface area contributed by atoms with Gasteiger partial charge in [-0.15, -0.1) is 0 Å². The third kappa shape index (κ3) is 3.66. The highest BCUT2D eigenvalue weighted by atomic mass is 16.5. The summed E-state index contributed by atoms with van der Waals surface area (Å²) in [4.78, 5) is 0. The Kier molecular flexibility index (Phi) is 4.53. The van der Waals surface area contributed by atoms with Crippen LogP contribution in [-0.2, 0) is 6.61 Å². The maximum atomic E-state index is 9.57. The second kappa shape index (κ2) is 6.75. The fourth-order valence-corrected chi connectivity index (χ4v) is 2.35. The van der Waals surface area contributed by atoms with Crippen molar-refractivity contribution in [2.24, 2.45) is 0 Å². The lowest BCUT2D eigenvalue weighted by molar-refractivity contribution is 0.172. The lowest BCUT2D eigenvalue weighted by Gasteiger charge is -2.07. The van der Waals surface area contributed by atoms with Gasteiger partial charge in [-0.25, -0.2) is 0 Å². The molecular formula is C19H20O4. The number of hydrogen-bond donors (Lipinski definition) is 1. The number of benzene rings is 2. The number of ether oxygens (including phenoxy) is 2. The lowest BCUT2D eigenvalue weighted by Crippen LogP contribution is -1.96. The molecule has 0 aliphatic carbocycles. The fourth-order valence-electron chi connectivity index (χ4n) is 2.35. The van der Waals surface area contributed by atoms with Crippen LogP contribution in [0.25, 0.3) is 11.0 Å². The van der Waals surface area contributed by atoms with Crippen molar-refractivity contribution in [1.82, 2.24) is 0 Å². The zero-order valence-electron chi connectivity index (χ0n) is 13.3. The van der Waals surface area contributed by atoms with Crippen LogP contribution in [0.15, 0.2) is 52.9 Å². The second-order valence-corrected chi connectivity index (χ2v) is 5.39. The summed E-state index contributed by atoms with van der Waals surface area (Å²) in [7, 11) is 0. The van der Waals surface area contributed by atoms with E-state index < -0.39 is 6.10 Å². The van der Waals surface area contributed by atoms with Gasteiger partial charge in [0.05, 0.1) is 6.61 Å². The standard InChI is InChI=1S/C19H20O4/c1-3-21-16-6-4-14(5-7-16)12-22-17-8-9-18-15(10-17)11-19(23-18)13(2)20/h4-11,13,20H,3,12H2,1-2H3. The number of rotatable bonds is 6. The molecule has 0 radical (unpaired) electrons. The number of hydrogen-bond acceptors (Lipinski definition) is 4. The minimum Gasteiger partial charge on any atom is -0.494 e. The summed E-state index contributed by atoms with van der Waals surface area (Å²) in [5.41, 5.74) is 1.82. The van der Waals surface area contributed by atoms with Gasteiger partial charge in [-0.1, -0.05) is 12.1 Å². The molecule has 1 atom stereocenters. The van der Waals surface area contributed by atoms with E-state index in [2.05, 4.69) is 0 Å². The van der Waals surface area contributed by atoms with Crippen molar-refractivity contribution in [3.05, 3.63) is 59.9 Å². The van der Waals surface area contributed by atoms with Gasteiger partial charge in [0.15, 0.2) is 0 Å². The van der Waals surface area contributed by atoms with E-state index in [0.29, 0.717) is 19.0 Å². The molecule has 0 amide bonds. The first-order chi connectivity index (χ1) is 11.2. The van der Waals surface area contributed by atoms with Crippen molar-refractivity contribution in [2.75, 3.05) is 6.61 Å². The van der Waals surface area contributed by atoms with Crippen molar-refractivity contribution in [1.29, 1.82) is 0 Å². The maximum Gasteiger partial charge on any atom is 0.134 e. The summed E-state index contributed by atoms with van der Waals surface area (Å²) >= 11 is 0. The van der Waals surface area contributed by atoms with Crippen LogP contribution in [0.2, 0.25) is 0 Å².